The van der Waals surface area contributed by atoms with E-state index in [-0.39, 0.29) is 11.0 Å². The van der Waals surface area contributed by atoms with E-state index in [0.717, 1.165) is 23.4 Å². The minimum Gasteiger partial charge on any atom is -0.494 e. The Kier molecular flexibility index (Phi) is 10.2. The third-order valence-corrected chi connectivity index (χ3v) is 4.60. The Morgan fingerprint density at radius 2 is 1.86 bits per heavy atom. The second-order valence-corrected chi connectivity index (χ2v) is 7.46. The monoisotopic (exact) mass is 430 g/mol. The maximum absolute atomic E-state index is 12.0. The van der Waals surface area contributed by atoms with Crippen molar-refractivity contribution in [2.24, 2.45) is 0 Å². The van der Waals surface area contributed by atoms with Crippen LogP contribution in [0.1, 0.15) is 44.6 Å². The van der Waals surface area contributed by atoms with Crippen molar-refractivity contribution in [1.82, 2.24) is 5.32 Å². The lowest BCUT2D eigenvalue weighted by atomic mass is 10.2. The predicted molar refractivity (Wildman–Crippen MR) is 126 cm³/mol. The average molecular weight is 431 g/mol. The SMILES string of the molecule is CCCCCCCOc1cccc(NC(=S)NC(=O)/C=C/c2ccc(Cl)cc2)c1. The van der Waals surface area contributed by atoms with Crippen LogP contribution in [0.5, 0.6) is 5.75 Å². The minimum absolute atomic E-state index is 0.229. The van der Waals surface area contributed by atoms with Gasteiger partial charge in [-0.05, 0) is 54.5 Å². The van der Waals surface area contributed by atoms with Gasteiger partial charge < -0.3 is 10.1 Å². The summed E-state index contributed by atoms with van der Waals surface area (Å²) >= 11 is 11.1. The fourth-order valence-electron chi connectivity index (χ4n) is 2.62. The molecule has 1 amide bonds. The fourth-order valence-corrected chi connectivity index (χ4v) is 2.97. The van der Waals surface area contributed by atoms with Crippen molar-refractivity contribution in [2.45, 2.75) is 39.0 Å². The second-order valence-electron chi connectivity index (χ2n) is 6.62. The Labute approximate surface area is 183 Å². The summed E-state index contributed by atoms with van der Waals surface area (Å²) in [6.07, 6.45) is 9.12. The number of hydrogen-bond donors (Lipinski definition) is 2. The number of hydrogen-bond acceptors (Lipinski definition) is 3. The van der Waals surface area contributed by atoms with Crippen molar-refractivity contribution in [3.05, 3.63) is 65.2 Å². The summed E-state index contributed by atoms with van der Waals surface area (Å²) in [7, 11) is 0. The number of nitrogens with one attached hydrogen (secondary N) is 2. The maximum Gasteiger partial charge on any atom is 0.250 e. The Morgan fingerprint density at radius 1 is 1.10 bits per heavy atom. The van der Waals surface area contributed by atoms with Gasteiger partial charge >= 0.3 is 0 Å². The van der Waals surface area contributed by atoms with Crippen molar-refractivity contribution in [2.75, 3.05) is 11.9 Å². The van der Waals surface area contributed by atoms with E-state index >= 15 is 0 Å². The van der Waals surface area contributed by atoms with E-state index in [9.17, 15) is 4.79 Å². The number of amides is 1. The quantitative estimate of drug-likeness (QED) is 0.267. The number of anilines is 1. The largest absolute Gasteiger partial charge is 0.494 e. The Morgan fingerprint density at radius 3 is 2.62 bits per heavy atom. The Hall–Kier alpha value is -2.37. The number of carbonyl (C=O) groups is 1. The normalized spacial score (nSPS) is 10.7. The molecule has 0 unspecified atom stereocenters. The maximum atomic E-state index is 12.0. The molecule has 2 rings (SSSR count). The van der Waals surface area contributed by atoms with Crippen LogP contribution in [0.15, 0.2) is 54.6 Å². The number of thiocarbonyl (C=S) groups is 1. The molecule has 0 atom stereocenters. The first-order chi connectivity index (χ1) is 14.1. The van der Waals surface area contributed by atoms with Gasteiger partial charge in [0.05, 0.1) is 6.61 Å². The van der Waals surface area contributed by atoms with Crippen molar-refractivity contribution in [3.63, 3.8) is 0 Å². The van der Waals surface area contributed by atoms with Gasteiger partial charge in [0, 0.05) is 22.9 Å². The molecule has 2 aromatic rings. The summed E-state index contributed by atoms with van der Waals surface area (Å²) in [6.45, 7) is 2.90. The van der Waals surface area contributed by atoms with Gasteiger partial charge in [0.25, 0.3) is 0 Å². The smallest absolute Gasteiger partial charge is 0.250 e. The average Bonchev–Trinajstić information content (AvgIpc) is 2.70. The second kappa shape index (κ2) is 13.0. The summed E-state index contributed by atoms with van der Waals surface area (Å²) in [5.74, 6) is 0.471. The molecule has 0 aliphatic heterocycles. The zero-order chi connectivity index (χ0) is 20.9. The lowest BCUT2D eigenvalue weighted by molar-refractivity contribution is -0.115. The van der Waals surface area contributed by atoms with E-state index in [1.807, 2.05) is 36.4 Å². The molecule has 6 heteroatoms. The van der Waals surface area contributed by atoms with E-state index in [0.29, 0.717) is 11.6 Å². The fraction of sp³-hybridized carbons (Fsp3) is 0.304. The highest BCUT2D eigenvalue weighted by Gasteiger charge is 2.03. The third kappa shape index (κ3) is 9.59. The van der Waals surface area contributed by atoms with Gasteiger partial charge in [-0.3, -0.25) is 10.1 Å². The van der Waals surface area contributed by atoms with Crippen LogP contribution in [-0.2, 0) is 4.79 Å². The van der Waals surface area contributed by atoms with Gasteiger partial charge in [-0.2, -0.15) is 0 Å². The zero-order valence-corrected chi connectivity index (χ0v) is 18.2. The highest BCUT2D eigenvalue weighted by atomic mass is 35.5. The van der Waals surface area contributed by atoms with Crippen LogP contribution < -0.4 is 15.4 Å². The van der Waals surface area contributed by atoms with Crippen molar-refractivity contribution in [1.29, 1.82) is 0 Å². The number of halogens is 1. The molecule has 0 aliphatic rings. The number of rotatable bonds is 10. The molecular weight excluding hydrogens is 404 g/mol. The molecule has 29 heavy (non-hydrogen) atoms. The predicted octanol–water partition coefficient (Wildman–Crippen LogP) is 6.22. The number of unbranched alkanes of at least 4 members (excludes halogenated alkanes) is 4. The molecule has 0 aromatic heterocycles. The first-order valence-corrected chi connectivity index (χ1v) is 10.6. The van der Waals surface area contributed by atoms with E-state index < -0.39 is 0 Å². The van der Waals surface area contributed by atoms with E-state index in [4.69, 9.17) is 28.6 Å². The molecular formula is C23H27ClN2O2S. The van der Waals surface area contributed by atoms with E-state index in [1.54, 1.807) is 18.2 Å². The lowest BCUT2D eigenvalue weighted by Gasteiger charge is -2.11. The summed E-state index contributed by atoms with van der Waals surface area (Å²) in [4.78, 5) is 12.0. The van der Waals surface area contributed by atoms with Crippen LogP contribution >= 0.6 is 23.8 Å². The molecule has 0 radical (unpaired) electrons. The topological polar surface area (TPSA) is 50.4 Å². The molecule has 0 saturated heterocycles. The summed E-state index contributed by atoms with van der Waals surface area (Å²) in [6, 6.07) is 14.7. The molecule has 0 heterocycles. The summed E-state index contributed by atoms with van der Waals surface area (Å²) < 4.78 is 5.79. The molecule has 0 fully saturated rings. The number of benzene rings is 2. The zero-order valence-electron chi connectivity index (χ0n) is 16.6. The Bertz CT molecular complexity index is 822. The van der Waals surface area contributed by atoms with Crippen molar-refractivity contribution >= 4 is 46.6 Å². The van der Waals surface area contributed by atoms with Gasteiger partial charge in [-0.1, -0.05) is 62.4 Å². The molecule has 0 spiro atoms. The molecule has 154 valence electrons. The molecule has 0 aliphatic carbocycles. The van der Waals surface area contributed by atoms with Crippen LogP contribution in [0.2, 0.25) is 5.02 Å². The van der Waals surface area contributed by atoms with Gasteiger partial charge in [0.1, 0.15) is 5.75 Å². The van der Waals surface area contributed by atoms with Gasteiger partial charge in [-0.15, -0.1) is 0 Å². The van der Waals surface area contributed by atoms with Crippen LogP contribution in [0.25, 0.3) is 6.08 Å². The molecule has 0 saturated carbocycles. The van der Waals surface area contributed by atoms with Gasteiger partial charge in [0.2, 0.25) is 5.91 Å². The van der Waals surface area contributed by atoms with Crippen molar-refractivity contribution in [3.8, 4) is 5.75 Å². The summed E-state index contributed by atoms with van der Waals surface area (Å²) in [5, 5.41) is 6.52. The summed E-state index contributed by atoms with van der Waals surface area (Å²) in [5.41, 5.74) is 1.64. The van der Waals surface area contributed by atoms with E-state index in [2.05, 4.69) is 17.6 Å². The van der Waals surface area contributed by atoms with Gasteiger partial charge in [0.15, 0.2) is 5.11 Å². The van der Waals surface area contributed by atoms with Crippen LogP contribution in [0.3, 0.4) is 0 Å². The lowest BCUT2D eigenvalue weighted by Crippen LogP contribution is -2.32. The first-order valence-electron chi connectivity index (χ1n) is 9.85. The number of carbonyl (C=O) groups excluding carboxylic acids is 1. The first kappa shape index (κ1) is 22.9. The third-order valence-electron chi connectivity index (χ3n) is 4.14. The van der Waals surface area contributed by atoms with Gasteiger partial charge in [-0.25, -0.2) is 0 Å². The van der Waals surface area contributed by atoms with Crippen LogP contribution in [0.4, 0.5) is 5.69 Å². The molecule has 4 nitrogen and oxygen atoms in total. The van der Waals surface area contributed by atoms with Crippen LogP contribution in [0, 0.1) is 0 Å². The standard InChI is InChI=1S/C23H27ClN2O2S/c1-2-3-4-5-6-16-28-21-9-7-8-20(17-21)25-23(29)26-22(27)15-12-18-10-13-19(24)14-11-18/h7-15,17H,2-6,16H2,1H3,(H2,25,26,27,29)/b15-12+. The highest BCUT2D eigenvalue weighted by Crippen LogP contribution is 2.18. The highest BCUT2D eigenvalue weighted by molar-refractivity contribution is 7.80. The number of ether oxygens (including phenoxy) is 1. The van der Waals surface area contributed by atoms with Crippen molar-refractivity contribution < 1.29 is 9.53 Å². The van der Waals surface area contributed by atoms with E-state index in [1.165, 1.54) is 31.8 Å². The molecule has 2 aromatic carbocycles. The minimum atomic E-state index is -0.308. The molecule has 0 bridgehead atoms. The molecule has 2 N–H and O–H groups in total. The Balaban J connectivity index is 1.76. The van der Waals surface area contributed by atoms with Crippen LogP contribution in [-0.4, -0.2) is 17.6 Å².